The lowest BCUT2D eigenvalue weighted by molar-refractivity contribution is 0.101. The summed E-state index contributed by atoms with van der Waals surface area (Å²) in [6.45, 7) is 4.63. The number of para-hydroxylation sites is 2. The number of methoxy groups -OCH3 is 1. The van der Waals surface area contributed by atoms with Crippen LogP contribution >= 0.6 is 0 Å². The minimum Gasteiger partial charge on any atom is -0.496 e. The first-order valence-corrected chi connectivity index (χ1v) is 8.42. The van der Waals surface area contributed by atoms with E-state index in [0.717, 1.165) is 23.0 Å². The SMILES string of the molecule is CCCn1c(=O)n(Cc2cc(C(C)=O)ccc2OC)c2ccccc21. The number of hydrogen-bond donors (Lipinski definition) is 0. The first-order chi connectivity index (χ1) is 12.1. The molecule has 5 heteroatoms. The number of rotatable bonds is 6. The summed E-state index contributed by atoms with van der Waals surface area (Å²) in [6.07, 6.45) is 0.886. The van der Waals surface area contributed by atoms with E-state index in [-0.39, 0.29) is 11.5 Å². The highest BCUT2D eigenvalue weighted by Gasteiger charge is 2.15. The summed E-state index contributed by atoms with van der Waals surface area (Å²) in [5.41, 5.74) is 3.20. The van der Waals surface area contributed by atoms with Crippen molar-refractivity contribution in [2.24, 2.45) is 0 Å². The number of ether oxygens (including phenoxy) is 1. The van der Waals surface area contributed by atoms with Crippen LogP contribution in [0.25, 0.3) is 11.0 Å². The molecule has 5 nitrogen and oxygen atoms in total. The van der Waals surface area contributed by atoms with Crippen LogP contribution in [0.2, 0.25) is 0 Å². The van der Waals surface area contributed by atoms with Gasteiger partial charge in [-0.1, -0.05) is 19.1 Å². The lowest BCUT2D eigenvalue weighted by atomic mass is 10.1. The molecule has 0 aliphatic heterocycles. The number of fused-ring (bicyclic) bond motifs is 1. The molecule has 0 aliphatic carbocycles. The van der Waals surface area contributed by atoms with Gasteiger partial charge < -0.3 is 4.74 Å². The van der Waals surface area contributed by atoms with Crippen molar-refractivity contribution >= 4 is 16.8 Å². The lowest BCUT2D eigenvalue weighted by Crippen LogP contribution is -2.25. The summed E-state index contributed by atoms with van der Waals surface area (Å²) >= 11 is 0. The molecular formula is C20H22N2O3. The van der Waals surface area contributed by atoms with E-state index < -0.39 is 0 Å². The van der Waals surface area contributed by atoms with Crippen LogP contribution in [0.5, 0.6) is 5.75 Å². The molecule has 0 fully saturated rings. The third kappa shape index (κ3) is 3.09. The van der Waals surface area contributed by atoms with Crippen LogP contribution < -0.4 is 10.4 Å². The van der Waals surface area contributed by atoms with Gasteiger partial charge in [0.1, 0.15) is 5.75 Å². The van der Waals surface area contributed by atoms with Gasteiger partial charge in [0.15, 0.2) is 5.78 Å². The Morgan fingerprint density at radius 2 is 1.76 bits per heavy atom. The molecule has 0 aliphatic rings. The molecule has 1 heterocycles. The lowest BCUT2D eigenvalue weighted by Gasteiger charge is -2.11. The smallest absolute Gasteiger partial charge is 0.329 e. The number of benzene rings is 2. The maximum absolute atomic E-state index is 12.9. The number of aryl methyl sites for hydroxylation is 1. The number of imidazole rings is 1. The van der Waals surface area contributed by atoms with Crippen molar-refractivity contribution in [2.75, 3.05) is 7.11 Å². The molecule has 1 aromatic heterocycles. The Balaban J connectivity index is 2.16. The van der Waals surface area contributed by atoms with Crippen LogP contribution in [-0.4, -0.2) is 22.0 Å². The highest BCUT2D eigenvalue weighted by atomic mass is 16.5. The van der Waals surface area contributed by atoms with Gasteiger partial charge in [-0.3, -0.25) is 13.9 Å². The van der Waals surface area contributed by atoms with Crippen molar-refractivity contribution < 1.29 is 9.53 Å². The van der Waals surface area contributed by atoms with Gasteiger partial charge in [0.05, 0.1) is 24.7 Å². The van der Waals surface area contributed by atoms with Gasteiger partial charge in [-0.15, -0.1) is 0 Å². The van der Waals surface area contributed by atoms with Gasteiger partial charge >= 0.3 is 5.69 Å². The van der Waals surface area contributed by atoms with E-state index in [1.165, 1.54) is 6.92 Å². The van der Waals surface area contributed by atoms with Gasteiger partial charge in [0.2, 0.25) is 0 Å². The Morgan fingerprint density at radius 1 is 1.08 bits per heavy atom. The van der Waals surface area contributed by atoms with E-state index >= 15 is 0 Å². The summed E-state index contributed by atoms with van der Waals surface area (Å²) in [7, 11) is 1.59. The normalized spacial score (nSPS) is 11.0. The number of ketones is 1. The van der Waals surface area contributed by atoms with E-state index in [1.54, 1.807) is 34.4 Å². The number of carbonyl (C=O) groups is 1. The first kappa shape index (κ1) is 17.0. The summed E-state index contributed by atoms with van der Waals surface area (Å²) in [5, 5.41) is 0. The molecular weight excluding hydrogens is 316 g/mol. The zero-order chi connectivity index (χ0) is 18.0. The molecule has 0 N–H and O–H groups in total. The maximum Gasteiger partial charge on any atom is 0.329 e. The number of carbonyl (C=O) groups excluding carboxylic acids is 1. The van der Waals surface area contributed by atoms with Crippen molar-refractivity contribution in [3.05, 3.63) is 64.1 Å². The molecule has 0 radical (unpaired) electrons. The molecule has 0 bridgehead atoms. The van der Waals surface area contributed by atoms with Gasteiger partial charge in [-0.25, -0.2) is 4.79 Å². The summed E-state index contributed by atoms with van der Waals surface area (Å²) in [5.74, 6) is 0.661. The first-order valence-electron chi connectivity index (χ1n) is 8.42. The van der Waals surface area contributed by atoms with Gasteiger partial charge in [0.25, 0.3) is 0 Å². The second-order valence-electron chi connectivity index (χ2n) is 6.09. The quantitative estimate of drug-likeness (QED) is 0.647. The largest absolute Gasteiger partial charge is 0.496 e. The Labute approximate surface area is 146 Å². The molecule has 0 amide bonds. The van der Waals surface area contributed by atoms with E-state index in [4.69, 9.17) is 4.74 Å². The van der Waals surface area contributed by atoms with Gasteiger partial charge in [-0.2, -0.15) is 0 Å². The van der Waals surface area contributed by atoms with Crippen molar-refractivity contribution in [1.29, 1.82) is 0 Å². The Bertz CT molecular complexity index is 982. The molecule has 0 spiro atoms. The molecule has 0 saturated heterocycles. The van der Waals surface area contributed by atoms with Crippen LogP contribution in [0, 0.1) is 0 Å². The van der Waals surface area contributed by atoms with Crippen LogP contribution in [0.1, 0.15) is 36.2 Å². The highest BCUT2D eigenvalue weighted by molar-refractivity contribution is 5.94. The molecule has 3 rings (SSSR count). The Kier molecular flexibility index (Phi) is 4.74. The van der Waals surface area contributed by atoms with E-state index in [1.807, 2.05) is 24.3 Å². The van der Waals surface area contributed by atoms with E-state index in [0.29, 0.717) is 24.4 Å². The zero-order valence-corrected chi connectivity index (χ0v) is 14.8. The average Bonchev–Trinajstić information content (AvgIpc) is 2.88. The van der Waals surface area contributed by atoms with Crippen molar-refractivity contribution in [3.63, 3.8) is 0 Å². The fraction of sp³-hybridized carbons (Fsp3) is 0.300. The number of hydrogen-bond acceptors (Lipinski definition) is 3. The van der Waals surface area contributed by atoms with Crippen LogP contribution in [0.4, 0.5) is 0 Å². The Hall–Kier alpha value is -2.82. The predicted molar refractivity (Wildman–Crippen MR) is 98.6 cm³/mol. The van der Waals surface area contributed by atoms with Crippen molar-refractivity contribution in [2.45, 2.75) is 33.4 Å². The van der Waals surface area contributed by atoms with E-state index in [9.17, 15) is 9.59 Å². The summed E-state index contributed by atoms with van der Waals surface area (Å²) < 4.78 is 8.97. The maximum atomic E-state index is 12.9. The second-order valence-corrected chi connectivity index (χ2v) is 6.09. The third-order valence-corrected chi connectivity index (χ3v) is 4.39. The highest BCUT2D eigenvalue weighted by Crippen LogP contribution is 2.23. The number of nitrogens with zero attached hydrogens (tertiary/aromatic N) is 2. The minimum atomic E-state index is -0.0432. The van der Waals surface area contributed by atoms with Crippen molar-refractivity contribution in [3.8, 4) is 5.75 Å². The van der Waals surface area contributed by atoms with Crippen LogP contribution in [0.3, 0.4) is 0 Å². The fourth-order valence-electron chi connectivity index (χ4n) is 3.16. The van der Waals surface area contributed by atoms with Crippen LogP contribution in [0.15, 0.2) is 47.3 Å². The molecule has 130 valence electrons. The molecule has 3 aromatic rings. The zero-order valence-electron chi connectivity index (χ0n) is 14.8. The number of aromatic nitrogens is 2. The average molecular weight is 338 g/mol. The molecule has 25 heavy (non-hydrogen) atoms. The molecule has 0 saturated carbocycles. The minimum absolute atomic E-state index is 0.00957. The van der Waals surface area contributed by atoms with Gasteiger partial charge in [0, 0.05) is 17.7 Å². The molecule has 2 aromatic carbocycles. The van der Waals surface area contributed by atoms with E-state index in [2.05, 4.69) is 6.92 Å². The molecule has 0 unspecified atom stereocenters. The second kappa shape index (κ2) is 6.97. The predicted octanol–water partition coefficient (Wildman–Crippen LogP) is 3.47. The van der Waals surface area contributed by atoms with Crippen molar-refractivity contribution in [1.82, 2.24) is 9.13 Å². The Morgan fingerprint density at radius 3 is 2.36 bits per heavy atom. The summed E-state index contributed by atoms with van der Waals surface area (Å²) in [4.78, 5) is 24.6. The monoisotopic (exact) mass is 338 g/mol. The third-order valence-electron chi connectivity index (χ3n) is 4.39. The summed E-state index contributed by atoms with van der Waals surface area (Å²) in [6, 6.07) is 13.1. The molecule has 0 atom stereocenters. The topological polar surface area (TPSA) is 53.2 Å². The fourth-order valence-corrected chi connectivity index (χ4v) is 3.16. The van der Waals surface area contributed by atoms with Crippen LogP contribution in [-0.2, 0) is 13.1 Å². The van der Waals surface area contributed by atoms with Gasteiger partial charge in [-0.05, 0) is 43.7 Å². The number of Topliss-reactive ketones (excluding diaryl/α,β-unsaturated/α-hetero) is 1. The standard InChI is InChI=1S/C20H22N2O3/c1-4-11-21-17-7-5-6-8-18(17)22(20(21)24)13-16-12-15(14(2)23)9-10-19(16)25-3/h5-10,12H,4,11,13H2,1-3H3.